The first kappa shape index (κ1) is 25.9. The van der Waals surface area contributed by atoms with E-state index < -0.39 is 5.92 Å². The number of ether oxygens (including phenoxy) is 2. The molecule has 0 unspecified atom stereocenters. The van der Waals surface area contributed by atoms with Crippen LogP contribution in [0, 0.1) is 0 Å². The normalized spacial score (nSPS) is 12.2. The van der Waals surface area contributed by atoms with Crippen LogP contribution in [0.15, 0.2) is 72.8 Å². The number of hydrogen-bond acceptors (Lipinski definition) is 6. The third kappa shape index (κ3) is 5.33. The molecule has 0 bridgehead atoms. The Morgan fingerprint density at radius 2 is 1.50 bits per heavy atom. The van der Waals surface area contributed by atoms with Gasteiger partial charge in [-0.05, 0) is 24.2 Å². The molecule has 0 saturated carbocycles. The number of fused-ring (bicyclic) bond motifs is 2. The van der Waals surface area contributed by atoms with Crippen LogP contribution in [0.5, 0.6) is 11.5 Å². The summed E-state index contributed by atoms with van der Waals surface area (Å²) in [5.41, 5.74) is 2.75. The van der Waals surface area contributed by atoms with Crippen LogP contribution >= 0.6 is 23.7 Å². The maximum Gasteiger partial charge on any atom is 0.240 e. The van der Waals surface area contributed by atoms with Gasteiger partial charge in [0.25, 0.3) is 0 Å². The largest absolute Gasteiger partial charge is 0.454 e. The van der Waals surface area contributed by atoms with E-state index in [4.69, 9.17) is 14.5 Å². The number of benzene rings is 3. The minimum atomic E-state index is -0.419. The van der Waals surface area contributed by atoms with E-state index >= 15 is 0 Å². The van der Waals surface area contributed by atoms with Gasteiger partial charge in [0.2, 0.25) is 12.7 Å². The predicted octanol–water partition coefficient (Wildman–Crippen LogP) is 5.95. The van der Waals surface area contributed by atoms with E-state index in [9.17, 15) is 4.79 Å². The Labute approximate surface area is 221 Å². The lowest BCUT2D eigenvalue weighted by molar-refractivity contribution is -0.119. The highest BCUT2D eigenvalue weighted by atomic mass is 35.5. The molecule has 6 nitrogen and oxygen atoms in total. The Morgan fingerprint density at radius 3 is 2.08 bits per heavy atom. The first-order valence-corrected chi connectivity index (χ1v) is 12.8. The van der Waals surface area contributed by atoms with E-state index in [1.54, 1.807) is 0 Å². The maximum absolute atomic E-state index is 14.3. The molecular formula is C28H30ClN3O3S. The molecule has 0 N–H and O–H groups in total. The summed E-state index contributed by atoms with van der Waals surface area (Å²) in [4.78, 5) is 23.4. The molecule has 8 heteroatoms. The molecule has 0 atom stereocenters. The first-order valence-electron chi connectivity index (χ1n) is 12.0. The topological polar surface area (TPSA) is 54.9 Å². The van der Waals surface area contributed by atoms with E-state index in [2.05, 4.69) is 18.7 Å². The highest BCUT2D eigenvalue weighted by Crippen LogP contribution is 2.40. The van der Waals surface area contributed by atoms with Crippen molar-refractivity contribution < 1.29 is 14.3 Å². The Bertz CT molecular complexity index is 1220. The number of amides is 1. The van der Waals surface area contributed by atoms with Crippen molar-refractivity contribution in [3.8, 4) is 11.5 Å². The highest BCUT2D eigenvalue weighted by Gasteiger charge is 2.30. The van der Waals surface area contributed by atoms with Gasteiger partial charge >= 0.3 is 0 Å². The molecule has 1 aromatic heterocycles. The van der Waals surface area contributed by atoms with Gasteiger partial charge in [0.15, 0.2) is 16.6 Å². The number of carbonyl (C=O) groups excluding carboxylic acids is 1. The molecule has 2 heterocycles. The average Bonchev–Trinajstić information content (AvgIpc) is 3.52. The molecule has 1 aliphatic heterocycles. The van der Waals surface area contributed by atoms with E-state index in [1.807, 2.05) is 77.7 Å². The molecule has 1 amide bonds. The first-order chi connectivity index (χ1) is 17.2. The lowest BCUT2D eigenvalue weighted by Gasteiger charge is -2.28. The third-order valence-electron chi connectivity index (χ3n) is 6.42. The van der Waals surface area contributed by atoms with Crippen LogP contribution in [0.2, 0.25) is 0 Å². The molecule has 0 fully saturated rings. The molecule has 0 saturated heterocycles. The van der Waals surface area contributed by atoms with Crippen LogP contribution in [-0.2, 0) is 4.79 Å². The molecule has 0 radical (unpaired) electrons. The summed E-state index contributed by atoms with van der Waals surface area (Å²) in [6.07, 6.45) is 0. The average molecular weight is 524 g/mol. The molecule has 188 valence electrons. The lowest BCUT2D eigenvalue weighted by atomic mass is 9.90. The van der Waals surface area contributed by atoms with Gasteiger partial charge in [0, 0.05) is 25.2 Å². The highest BCUT2D eigenvalue weighted by molar-refractivity contribution is 7.22. The standard InChI is InChI=1S/C28H29N3O3S.ClH/c1-3-30(4-2)15-16-31(28-29-22-17-23-24(34-19-33-23)18-25(22)35-28)27(32)26(20-11-7-5-8-12-20)21-13-9-6-10-14-21;/h5-14,17-18,26H,3-4,15-16,19H2,1-2H3;1H. The van der Waals surface area contributed by atoms with Crippen molar-refractivity contribution in [2.45, 2.75) is 19.8 Å². The zero-order valence-electron chi connectivity index (χ0n) is 20.4. The number of likely N-dealkylation sites (N-methyl/N-ethyl adjacent to an activating group) is 1. The summed E-state index contributed by atoms with van der Waals surface area (Å²) in [5, 5.41) is 0.692. The van der Waals surface area contributed by atoms with Crippen molar-refractivity contribution in [1.82, 2.24) is 9.88 Å². The van der Waals surface area contributed by atoms with Crippen molar-refractivity contribution in [2.24, 2.45) is 0 Å². The van der Waals surface area contributed by atoms with E-state index in [0.717, 1.165) is 46.7 Å². The minimum absolute atomic E-state index is 0. The van der Waals surface area contributed by atoms with Crippen molar-refractivity contribution in [3.63, 3.8) is 0 Å². The second-order valence-corrected chi connectivity index (χ2v) is 9.45. The summed E-state index contributed by atoms with van der Waals surface area (Å²) in [7, 11) is 0. The predicted molar refractivity (Wildman–Crippen MR) is 148 cm³/mol. The SMILES string of the molecule is CCN(CC)CCN(C(=O)C(c1ccccc1)c1ccccc1)c1nc2cc3c(cc2s1)OCO3.Cl. The summed E-state index contributed by atoms with van der Waals surface area (Å²) in [6.45, 7) is 7.71. The third-order valence-corrected chi connectivity index (χ3v) is 7.46. The van der Waals surface area contributed by atoms with Gasteiger partial charge in [-0.25, -0.2) is 4.98 Å². The van der Waals surface area contributed by atoms with Crippen molar-refractivity contribution in [2.75, 3.05) is 37.9 Å². The van der Waals surface area contributed by atoms with Crippen LogP contribution in [0.25, 0.3) is 10.2 Å². The molecule has 1 aliphatic rings. The van der Waals surface area contributed by atoms with Gasteiger partial charge in [0.1, 0.15) is 0 Å². The van der Waals surface area contributed by atoms with Gasteiger partial charge in [-0.2, -0.15) is 0 Å². The van der Waals surface area contributed by atoms with Gasteiger partial charge in [-0.15, -0.1) is 12.4 Å². The number of hydrogen-bond donors (Lipinski definition) is 0. The second kappa shape index (κ2) is 11.7. The van der Waals surface area contributed by atoms with Crippen molar-refractivity contribution >= 4 is 45.0 Å². The molecule has 4 aromatic rings. The number of nitrogens with zero attached hydrogens (tertiary/aromatic N) is 3. The lowest BCUT2D eigenvalue weighted by Crippen LogP contribution is -2.41. The van der Waals surface area contributed by atoms with Crippen LogP contribution in [0.3, 0.4) is 0 Å². The van der Waals surface area contributed by atoms with Gasteiger partial charge < -0.3 is 14.4 Å². The Balaban J connectivity index is 0.00000304. The number of anilines is 1. The molecule has 0 aliphatic carbocycles. The minimum Gasteiger partial charge on any atom is -0.454 e. The van der Waals surface area contributed by atoms with Gasteiger partial charge in [-0.1, -0.05) is 85.8 Å². The number of rotatable bonds is 9. The number of thiazole rings is 1. The van der Waals surface area contributed by atoms with Crippen LogP contribution < -0.4 is 14.4 Å². The molecule has 3 aromatic carbocycles. The Hall–Kier alpha value is -3.13. The summed E-state index contributed by atoms with van der Waals surface area (Å²) >= 11 is 1.51. The molecule has 5 rings (SSSR count). The van der Waals surface area contributed by atoms with Crippen molar-refractivity contribution in [1.29, 1.82) is 0 Å². The second-order valence-electron chi connectivity index (χ2n) is 8.44. The van der Waals surface area contributed by atoms with E-state index in [-0.39, 0.29) is 25.1 Å². The maximum atomic E-state index is 14.3. The summed E-state index contributed by atoms with van der Waals surface area (Å²) < 4.78 is 12.1. The van der Waals surface area contributed by atoms with Gasteiger partial charge in [0.05, 0.1) is 16.1 Å². The fraction of sp³-hybridized carbons (Fsp3) is 0.286. The monoisotopic (exact) mass is 523 g/mol. The number of halogens is 1. The van der Waals surface area contributed by atoms with E-state index in [0.29, 0.717) is 17.4 Å². The summed E-state index contributed by atoms with van der Waals surface area (Å²) in [6, 6.07) is 23.8. The van der Waals surface area contributed by atoms with Gasteiger partial charge in [-0.3, -0.25) is 9.69 Å². The van der Waals surface area contributed by atoms with Crippen LogP contribution in [-0.4, -0.2) is 48.8 Å². The quantitative estimate of drug-likeness (QED) is 0.271. The van der Waals surface area contributed by atoms with Crippen LogP contribution in [0.1, 0.15) is 30.9 Å². The Kier molecular flexibility index (Phi) is 8.46. The zero-order valence-corrected chi connectivity index (χ0v) is 22.1. The zero-order chi connectivity index (χ0) is 24.2. The van der Waals surface area contributed by atoms with Crippen molar-refractivity contribution in [3.05, 3.63) is 83.9 Å². The Morgan fingerprint density at radius 1 is 0.917 bits per heavy atom. The van der Waals surface area contributed by atoms with Crippen LogP contribution in [0.4, 0.5) is 5.13 Å². The molecule has 0 spiro atoms. The number of carbonyl (C=O) groups is 1. The fourth-order valence-corrected chi connectivity index (χ4v) is 5.43. The molecule has 36 heavy (non-hydrogen) atoms. The van der Waals surface area contributed by atoms with E-state index in [1.165, 1.54) is 11.3 Å². The smallest absolute Gasteiger partial charge is 0.240 e. The summed E-state index contributed by atoms with van der Waals surface area (Å²) in [5.74, 6) is 1.02. The molecular weight excluding hydrogens is 494 g/mol. The number of aromatic nitrogens is 1. The fourth-order valence-electron chi connectivity index (χ4n) is 4.43.